The molecule has 0 aliphatic carbocycles. The number of para-hydroxylation sites is 1. The second kappa shape index (κ2) is 9.69. The summed E-state index contributed by atoms with van der Waals surface area (Å²) in [5.74, 6) is -1.25. The quantitative estimate of drug-likeness (QED) is 0.726. The third kappa shape index (κ3) is 5.19. The van der Waals surface area contributed by atoms with Gasteiger partial charge in [-0.15, -0.1) is 0 Å². The van der Waals surface area contributed by atoms with Crippen molar-refractivity contribution < 1.29 is 23.9 Å². The first-order valence-corrected chi connectivity index (χ1v) is 9.16. The zero-order valence-corrected chi connectivity index (χ0v) is 16.5. The molecule has 28 heavy (non-hydrogen) atoms. The van der Waals surface area contributed by atoms with Gasteiger partial charge in [-0.3, -0.25) is 4.79 Å². The van der Waals surface area contributed by atoms with E-state index in [9.17, 15) is 14.4 Å². The molecule has 6 nitrogen and oxygen atoms in total. The molecule has 1 N–H and O–H groups in total. The van der Waals surface area contributed by atoms with Crippen LogP contribution >= 0.6 is 0 Å². The minimum absolute atomic E-state index is 0.243. The molecule has 2 aromatic rings. The maximum Gasteiger partial charge on any atom is 0.338 e. The van der Waals surface area contributed by atoms with Crippen LogP contribution in [0.3, 0.4) is 0 Å². The van der Waals surface area contributed by atoms with Crippen molar-refractivity contribution in [2.24, 2.45) is 0 Å². The highest BCUT2D eigenvalue weighted by molar-refractivity contribution is 5.98. The van der Waals surface area contributed by atoms with Gasteiger partial charge >= 0.3 is 11.9 Å². The molecule has 0 spiro atoms. The fourth-order valence-corrected chi connectivity index (χ4v) is 2.64. The van der Waals surface area contributed by atoms with Gasteiger partial charge in [0.2, 0.25) is 0 Å². The lowest BCUT2D eigenvalue weighted by Gasteiger charge is -2.18. The first-order valence-electron chi connectivity index (χ1n) is 9.16. The number of esters is 2. The molecule has 1 amide bonds. The predicted molar refractivity (Wildman–Crippen MR) is 106 cm³/mol. The van der Waals surface area contributed by atoms with E-state index in [1.165, 1.54) is 38.3 Å². The Balaban J connectivity index is 2.02. The van der Waals surface area contributed by atoms with E-state index in [2.05, 4.69) is 23.9 Å². The molecule has 0 saturated heterocycles. The van der Waals surface area contributed by atoms with Gasteiger partial charge in [-0.05, 0) is 55.2 Å². The van der Waals surface area contributed by atoms with Crippen LogP contribution in [0.25, 0.3) is 0 Å². The van der Waals surface area contributed by atoms with Crippen LogP contribution in [0.2, 0.25) is 0 Å². The molecular formula is C22H25NO5. The summed E-state index contributed by atoms with van der Waals surface area (Å²) in [6, 6.07) is 13.4. The largest absolute Gasteiger partial charge is 0.465 e. The molecule has 0 fully saturated rings. The van der Waals surface area contributed by atoms with Crippen molar-refractivity contribution in [1.82, 2.24) is 0 Å². The van der Waals surface area contributed by atoms with Gasteiger partial charge in [0.05, 0.1) is 18.2 Å². The molecule has 2 aromatic carbocycles. The highest BCUT2D eigenvalue weighted by atomic mass is 16.5. The zero-order valence-electron chi connectivity index (χ0n) is 16.5. The highest BCUT2D eigenvalue weighted by Gasteiger charge is 2.21. The minimum Gasteiger partial charge on any atom is -0.465 e. The fourth-order valence-electron chi connectivity index (χ4n) is 2.64. The topological polar surface area (TPSA) is 81.7 Å². The third-order valence-corrected chi connectivity index (χ3v) is 4.56. The van der Waals surface area contributed by atoms with Crippen LogP contribution < -0.4 is 5.32 Å². The number of carbonyl (C=O) groups excluding carboxylic acids is 3. The first-order chi connectivity index (χ1) is 13.4. The second-order valence-electron chi connectivity index (χ2n) is 6.50. The van der Waals surface area contributed by atoms with Crippen LogP contribution in [-0.2, 0) is 14.3 Å². The van der Waals surface area contributed by atoms with E-state index >= 15 is 0 Å². The molecule has 0 aliphatic heterocycles. The average Bonchev–Trinajstić information content (AvgIpc) is 2.72. The van der Waals surface area contributed by atoms with Gasteiger partial charge in [0, 0.05) is 5.69 Å². The van der Waals surface area contributed by atoms with Crippen LogP contribution in [0.15, 0.2) is 48.5 Å². The van der Waals surface area contributed by atoms with Crippen LogP contribution in [-0.4, -0.2) is 31.1 Å². The monoisotopic (exact) mass is 383 g/mol. The van der Waals surface area contributed by atoms with Crippen LogP contribution in [0.1, 0.15) is 59.4 Å². The van der Waals surface area contributed by atoms with Gasteiger partial charge in [0.25, 0.3) is 5.91 Å². The molecule has 2 atom stereocenters. The van der Waals surface area contributed by atoms with Crippen molar-refractivity contribution in [1.29, 1.82) is 0 Å². The van der Waals surface area contributed by atoms with Gasteiger partial charge in [0.15, 0.2) is 6.10 Å². The molecule has 0 unspecified atom stereocenters. The van der Waals surface area contributed by atoms with E-state index in [0.717, 1.165) is 12.0 Å². The SMILES string of the molecule is CC[C@H](C)c1ccccc1NC(=O)[C@H](C)OC(=O)c1ccc(C(=O)OC)cc1. The number of ether oxygens (including phenoxy) is 2. The number of hydrogen-bond donors (Lipinski definition) is 1. The van der Waals surface area contributed by atoms with E-state index in [1.807, 2.05) is 24.3 Å². The zero-order chi connectivity index (χ0) is 20.7. The Morgan fingerprint density at radius 1 is 0.929 bits per heavy atom. The van der Waals surface area contributed by atoms with Crippen molar-refractivity contribution in [2.75, 3.05) is 12.4 Å². The molecule has 0 heterocycles. The number of carbonyl (C=O) groups is 3. The summed E-state index contributed by atoms with van der Waals surface area (Å²) in [7, 11) is 1.28. The summed E-state index contributed by atoms with van der Waals surface area (Å²) in [5, 5.41) is 2.84. The van der Waals surface area contributed by atoms with Gasteiger partial charge in [-0.25, -0.2) is 9.59 Å². The van der Waals surface area contributed by atoms with Crippen molar-refractivity contribution in [3.05, 3.63) is 65.2 Å². The summed E-state index contributed by atoms with van der Waals surface area (Å²) in [6.07, 6.45) is -0.0308. The number of hydrogen-bond acceptors (Lipinski definition) is 5. The van der Waals surface area contributed by atoms with E-state index in [0.29, 0.717) is 17.2 Å². The standard InChI is InChI=1S/C22H25NO5/c1-5-14(2)18-8-6-7-9-19(18)23-20(24)15(3)28-22(26)17-12-10-16(11-13-17)21(25)27-4/h6-15H,5H2,1-4H3,(H,23,24)/t14-,15-/m0/s1. The lowest BCUT2D eigenvalue weighted by molar-refractivity contribution is -0.123. The number of methoxy groups -OCH3 is 1. The molecule has 6 heteroatoms. The summed E-state index contributed by atoms with van der Waals surface area (Å²) in [5.41, 5.74) is 2.32. The van der Waals surface area contributed by atoms with Gasteiger partial charge in [-0.1, -0.05) is 32.0 Å². The van der Waals surface area contributed by atoms with Crippen molar-refractivity contribution in [3.8, 4) is 0 Å². The third-order valence-electron chi connectivity index (χ3n) is 4.56. The maximum absolute atomic E-state index is 12.5. The van der Waals surface area contributed by atoms with Gasteiger partial charge in [-0.2, -0.15) is 0 Å². The molecule has 0 saturated carbocycles. The summed E-state index contributed by atoms with van der Waals surface area (Å²) in [6.45, 7) is 5.69. The molecule has 148 valence electrons. The number of nitrogens with one attached hydrogen (secondary N) is 1. The van der Waals surface area contributed by atoms with Gasteiger partial charge < -0.3 is 14.8 Å². The molecule has 0 radical (unpaired) electrons. The molecule has 0 aliphatic rings. The van der Waals surface area contributed by atoms with Crippen molar-refractivity contribution >= 4 is 23.5 Å². The van der Waals surface area contributed by atoms with Crippen LogP contribution in [0, 0.1) is 0 Å². The lowest BCUT2D eigenvalue weighted by atomic mass is 9.97. The summed E-state index contributed by atoms with van der Waals surface area (Å²) >= 11 is 0. The molecular weight excluding hydrogens is 358 g/mol. The Labute approximate surface area is 164 Å². The molecule has 0 aromatic heterocycles. The number of anilines is 1. The maximum atomic E-state index is 12.5. The lowest BCUT2D eigenvalue weighted by Crippen LogP contribution is -2.30. The Kier molecular flexibility index (Phi) is 7.32. The number of amides is 1. The van der Waals surface area contributed by atoms with Crippen LogP contribution in [0.4, 0.5) is 5.69 Å². The predicted octanol–water partition coefficient (Wildman–Crippen LogP) is 4.17. The number of rotatable bonds is 7. The average molecular weight is 383 g/mol. The second-order valence-corrected chi connectivity index (χ2v) is 6.50. The Morgan fingerprint density at radius 3 is 2.07 bits per heavy atom. The van der Waals surface area contributed by atoms with Crippen LogP contribution in [0.5, 0.6) is 0 Å². The Morgan fingerprint density at radius 2 is 1.50 bits per heavy atom. The van der Waals surface area contributed by atoms with E-state index < -0.39 is 23.9 Å². The number of benzene rings is 2. The summed E-state index contributed by atoms with van der Waals surface area (Å²) in [4.78, 5) is 36.2. The Hall–Kier alpha value is -3.15. The highest BCUT2D eigenvalue weighted by Crippen LogP contribution is 2.26. The first kappa shape index (κ1) is 21.2. The van der Waals surface area contributed by atoms with E-state index in [4.69, 9.17) is 4.74 Å². The van der Waals surface area contributed by atoms with E-state index in [-0.39, 0.29) is 5.56 Å². The van der Waals surface area contributed by atoms with Crippen molar-refractivity contribution in [2.45, 2.75) is 39.2 Å². The minimum atomic E-state index is -0.974. The molecule has 0 bridgehead atoms. The summed E-state index contributed by atoms with van der Waals surface area (Å²) < 4.78 is 9.87. The van der Waals surface area contributed by atoms with Crippen molar-refractivity contribution in [3.63, 3.8) is 0 Å². The molecule has 2 rings (SSSR count). The smallest absolute Gasteiger partial charge is 0.338 e. The Bertz CT molecular complexity index is 844. The van der Waals surface area contributed by atoms with E-state index in [1.54, 1.807) is 0 Å². The van der Waals surface area contributed by atoms with Gasteiger partial charge in [0.1, 0.15) is 0 Å². The fraction of sp³-hybridized carbons (Fsp3) is 0.318. The normalized spacial score (nSPS) is 12.6.